The van der Waals surface area contributed by atoms with Crippen LogP contribution in [-0.2, 0) is 0 Å². The minimum atomic E-state index is -0.622. The average Bonchev–Trinajstić information content (AvgIpc) is 2.30. The van der Waals surface area contributed by atoms with Crippen molar-refractivity contribution in [3.05, 3.63) is 35.6 Å². The van der Waals surface area contributed by atoms with E-state index >= 15 is 0 Å². The summed E-state index contributed by atoms with van der Waals surface area (Å²) in [5.41, 5.74) is 0.393. The van der Waals surface area contributed by atoms with Gasteiger partial charge in [0.25, 0.3) is 0 Å². The first-order chi connectivity index (χ1) is 7.93. The Morgan fingerprint density at radius 3 is 2.06 bits per heavy atom. The van der Waals surface area contributed by atoms with Crippen LogP contribution in [0.1, 0.15) is 39.4 Å². The summed E-state index contributed by atoms with van der Waals surface area (Å²) in [6.45, 7) is 9.91. The van der Waals surface area contributed by atoms with Gasteiger partial charge in [-0.2, -0.15) is 0 Å². The number of halogens is 1. The minimum Gasteiger partial charge on any atom is -0.386 e. The summed E-state index contributed by atoms with van der Waals surface area (Å²) in [5, 5.41) is 10.4. The first-order valence-electron chi connectivity index (χ1n) is 6.12. The third kappa shape index (κ3) is 3.05. The van der Waals surface area contributed by atoms with Gasteiger partial charge in [0.05, 0.1) is 6.10 Å². The lowest BCUT2D eigenvalue weighted by atomic mass is 9.89. The fraction of sp³-hybridized carbons (Fsp3) is 0.571. The molecular weight excluding hydrogens is 217 g/mol. The van der Waals surface area contributed by atoms with Crippen LogP contribution < -0.4 is 0 Å². The normalized spacial score (nSPS) is 14.1. The van der Waals surface area contributed by atoms with Crippen molar-refractivity contribution < 1.29 is 9.50 Å². The van der Waals surface area contributed by atoms with Gasteiger partial charge >= 0.3 is 0 Å². The Hall–Kier alpha value is -0.930. The van der Waals surface area contributed by atoms with Crippen molar-refractivity contribution in [2.75, 3.05) is 13.1 Å². The summed E-state index contributed by atoms with van der Waals surface area (Å²) in [4.78, 5) is 2.20. The maximum Gasteiger partial charge on any atom is 0.123 e. The van der Waals surface area contributed by atoms with Crippen molar-refractivity contribution in [2.45, 2.75) is 39.3 Å². The van der Waals surface area contributed by atoms with Crippen LogP contribution in [0.5, 0.6) is 0 Å². The SMILES string of the molecule is CCN(CC)C(C)(C)C(O)c1ccc(F)cc1. The maximum atomic E-state index is 12.8. The number of benzene rings is 1. The summed E-state index contributed by atoms with van der Waals surface area (Å²) in [7, 11) is 0. The largest absolute Gasteiger partial charge is 0.386 e. The predicted octanol–water partition coefficient (Wildman–Crippen LogP) is 2.98. The van der Waals surface area contributed by atoms with Gasteiger partial charge < -0.3 is 5.11 Å². The van der Waals surface area contributed by atoms with Crippen molar-refractivity contribution in [3.63, 3.8) is 0 Å². The van der Waals surface area contributed by atoms with Crippen LogP contribution in [-0.4, -0.2) is 28.6 Å². The Morgan fingerprint density at radius 1 is 1.18 bits per heavy atom. The molecule has 1 rings (SSSR count). The lowest BCUT2D eigenvalue weighted by Gasteiger charge is -2.41. The molecule has 0 amide bonds. The Balaban J connectivity index is 2.94. The highest BCUT2D eigenvalue weighted by Crippen LogP contribution is 2.30. The van der Waals surface area contributed by atoms with Gasteiger partial charge in [-0.1, -0.05) is 26.0 Å². The minimum absolute atomic E-state index is 0.276. The molecule has 0 radical (unpaired) electrons. The highest BCUT2D eigenvalue weighted by molar-refractivity contribution is 5.21. The zero-order valence-corrected chi connectivity index (χ0v) is 11.1. The number of aliphatic hydroxyl groups excluding tert-OH is 1. The smallest absolute Gasteiger partial charge is 0.123 e. The number of likely N-dealkylation sites (N-methyl/N-ethyl adjacent to an activating group) is 1. The quantitative estimate of drug-likeness (QED) is 0.854. The molecule has 0 saturated heterocycles. The molecule has 1 N–H and O–H groups in total. The van der Waals surface area contributed by atoms with E-state index in [2.05, 4.69) is 18.7 Å². The lowest BCUT2D eigenvalue weighted by molar-refractivity contribution is -0.00629. The van der Waals surface area contributed by atoms with E-state index in [9.17, 15) is 9.50 Å². The topological polar surface area (TPSA) is 23.5 Å². The zero-order chi connectivity index (χ0) is 13.1. The van der Waals surface area contributed by atoms with Crippen LogP contribution in [0.2, 0.25) is 0 Å². The molecule has 1 atom stereocenters. The number of nitrogens with zero attached hydrogens (tertiary/aromatic N) is 1. The van der Waals surface area contributed by atoms with Crippen LogP contribution in [0.3, 0.4) is 0 Å². The van der Waals surface area contributed by atoms with Crippen LogP contribution in [0, 0.1) is 5.82 Å². The molecule has 0 aliphatic rings. The van der Waals surface area contributed by atoms with E-state index in [1.807, 2.05) is 13.8 Å². The average molecular weight is 239 g/mol. The Kier molecular flexibility index (Phi) is 4.66. The molecule has 0 aliphatic carbocycles. The van der Waals surface area contributed by atoms with E-state index in [0.29, 0.717) is 0 Å². The molecule has 0 fully saturated rings. The fourth-order valence-electron chi connectivity index (χ4n) is 2.26. The molecule has 2 nitrogen and oxygen atoms in total. The summed E-state index contributed by atoms with van der Waals surface area (Å²) >= 11 is 0. The zero-order valence-electron chi connectivity index (χ0n) is 11.1. The molecule has 3 heteroatoms. The molecule has 96 valence electrons. The van der Waals surface area contributed by atoms with Crippen molar-refractivity contribution >= 4 is 0 Å². The third-order valence-electron chi connectivity index (χ3n) is 3.43. The fourth-order valence-corrected chi connectivity index (χ4v) is 2.26. The Morgan fingerprint density at radius 2 is 1.65 bits per heavy atom. The Bertz CT molecular complexity index is 344. The molecule has 1 aromatic carbocycles. The van der Waals surface area contributed by atoms with Gasteiger partial charge in [0, 0.05) is 5.54 Å². The maximum absolute atomic E-state index is 12.8. The van der Waals surface area contributed by atoms with E-state index in [1.54, 1.807) is 12.1 Å². The number of hydrogen-bond acceptors (Lipinski definition) is 2. The molecule has 0 aromatic heterocycles. The van der Waals surface area contributed by atoms with E-state index in [1.165, 1.54) is 12.1 Å². The summed E-state index contributed by atoms with van der Waals surface area (Å²) in [5.74, 6) is -0.276. The predicted molar refractivity (Wildman–Crippen MR) is 68.4 cm³/mol. The number of rotatable bonds is 5. The molecule has 1 unspecified atom stereocenters. The molecular formula is C14H22FNO. The molecule has 0 heterocycles. The molecule has 0 spiro atoms. The van der Waals surface area contributed by atoms with Gasteiger partial charge in [-0.15, -0.1) is 0 Å². The number of aliphatic hydroxyl groups is 1. The summed E-state index contributed by atoms with van der Waals surface area (Å²) in [6, 6.07) is 6.06. The van der Waals surface area contributed by atoms with Crippen LogP contribution >= 0.6 is 0 Å². The second-order valence-corrected chi connectivity index (χ2v) is 4.78. The van der Waals surface area contributed by atoms with E-state index in [-0.39, 0.29) is 11.4 Å². The second kappa shape index (κ2) is 5.61. The van der Waals surface area contributed by atoms with Crippen molar-refractivity contribution in [1.29, 1.82) is 0 Å². The highest BCUT2D eigenvalue weighted by Gasteiger charge is 2.33. The molecule has 0 aliphatic heterocycles. The molecule has 0 saturated carbocycles. The van der Waals surface area contributed by atoms with Gasteiger partial charge in [0.2, 0.25) is 0 Å². The van der Waals surface area contributed by atoms with E-state index in [0.717, 1.165) is 18.7 Å². The molecule has 1 aromatic rings. The van der Waals surface area contributed by atoms with E-state index < -0.39 is 6.10 Å². The monoisotopic (exact) mass is 239 g/mol. The standard InChI is InChI=1S/C14H22FNO/c1-5-16(6-2)14(3,4)13(17)11-7-9-12(15)10-8-11/h7-10,13,17H,5-6H2,1-4H3. The summed E-state index contributed by atoms with van der Waals surface area (Å²) in [6.07, 6.45) is -0.622. The van der Waals surface area contributed by atoms with Gasteiger partial charge in [0.1, 0.15) is 5.82 Å². The number of hydrogen-bond donors (Lipinski definition) is 1. The Labute approximate surface area is 103 Å². The van der Waals surface area contributed by atoms with Gasteiger partial charge in [0.15, 0.2) is 0 Å². The van der Waals surface area contributed by atoms with Crippen LogP contribution in [0.25, 0.3) is 0 Å². The van der Waals surface area contributed by atoms with Crippen molar-refractivity contribution in [1.82, 2.24) is 4.90 Å². The van der Waals surface area contributed by atoms with Crippen molar-refractivity contribution in [2.24, 2.45) is 0 Å². The van der Waals surface area contributed by atoms with Gasteiger partial charge in [-0.05, 0) is 44.6 Å². The highest BCUT2D eigenvalue weighted by atomic mass is 19.1. The van der Waals surface area contributed by atoms with Crippen LogP contribution in [0.15, 0.2) is 24.3 Å². The summed E-state index contributed by atoms with van der Waals surface area (Å²) < 4.78 is 12.8. The van der Waals surface area contributed by atoms with Gasteiger partial charge in [-0.25, -0.2) is 4.39 Å². The third-order valence-corrected chi connectivity index (χ3v) is 3.43. The molecule has 0 bridgehead atoms. The van der Waals surface area contributed by atoms with Gasteiger partial charge in [-0.3, -0.25) is 4.90 Å². The second-order valence-electron chi connectivity index (χ2n) is 4.78. The molecule has 17 heavy (non-hydrogen) atoms. The first-order valence-corrected chi connectivity index (χ1v) is 6.12. The van der Waals surface area contributed by atoms with E-state index in [4.69, 9.17) is 0 Å². The van der Waals surface area contributed by atoms with Crippen LogP contribution in [0.4, 0.5) is 4.39 Å². The van der Waals surface area contributed by atoms with Crippen molar-refractivity contribution in [3.8, 4) is 0 Å². The first kappa shape index (κ1) is 14.1. The lowest BCUT2D eigenvalue weighted by Crippen LogP contribution is -2.48.